The van der Waals surface area contributed by atoms with Gasteiger partial charge >= 0.3 is 0 Å². The molecular weight excluding hydrogens is 305 g/mol. The third kappa shape index (κ3) is 3.65. The topological polar surface area (TPSA) is 61.8 Å². The van der Waals surface area contributed by atoms with Crippen LogP contribution in [0.5, 0.6) is 0 Å². The molecule has 1 unspecified atom stereocenters. The second kappa shape index (κ2) is 7.40. The highest BCUT2D eigenvalue weighted by Crippen LogP contribution is 2.29. The van der Waals surface area contributed by atoms with Gasteiger partial charge in [0.1, 0.15) is 11.1 Å². The number of hydrogen-bond acceptors (Lipinski definition) is 4. The van der Waals surface area contributed by atoms with Crippen molar-refractivity contribution in [1.29, 1.82) is 0 Å². The molecule has 0 radical (unpaired) electrons. The number of benzene rings is 1. The number of carbonyl (C=O) groups excluding carboxylic acids is 2. The van der Waals surface area contributed by atoms with Gasteiger partial charge in [-0.3, -0.25) is 19.5 Å². The fraction of sp³-hybridized carbons (Fsp3) is 0.400. The van der Waals surface area contributed by atoms with Gasteiger partial charge in [-0.1, -0.05) is 23.9 Å². The lowest BCUT2D eigenvalue weighted by atomic mass is 10.2. The monoisotopic (exact) mass is 323 g/mol. The number of amides is 2. The lowest BCUT2D eigenvalue weighted by Crippen LogP contribution is -2.33. The molecule has 1 aromatic rings. The first-order chi connectivity index (χ1) is 10.6. The Morgan fingerprint density at radius 1 is 1.41 bits per heavy atom. The second-order valence-corrected chi connectivity index (χ2v) is 5.85. The van der Waals surface area contributed by atoms with Crippen LogP contribution in [0.25, 0.3) is 0 Å². The van der Waals surface area contributed by atoms with E-state index in [9.17, 15) is 14.0 Å². The molecule has 1 N–H and O–H groups in total. The van der Waals surface area contributed by atoms with Crippen LogP contribution >= 0.6 is 11.8 Å². The number of carbonyl (C=O) groups is 2. The van der Waals surface area contributed by atoms with Gasteiger partial charge in [0, 0.05) is 19.5 Å². The molecule has 1 aromatic carbocycles. The van der Waals surface area contributed by atoms with E-state index in [0.717, 1.165) is 0 Å². The van der Waals surface area contributed by atoms with Crippen molar-refractivity contribution in [3.05, 3.63) is 30.1 Å². The Kier molecular flexibility index (Phi) is 5.54. The summed E-state index contributed by atoms with van der Waals surface area (Å²) >= 11 is 1.29. The Labute approximate surface area is 133 Å². The van der Waals surface area contributed by atoms with Crippen molar-refractivity contribution < 1.29 is 14.0 Å². The van der Waals surface area contributed by atoms with Crippen LogP contribution in [0.4, 0.5) is 10.1 Å². The van der Waals surface area contributed by atoms with Gasteiger partial charge in [0.25, 0.3) is 0 Å². The average Bonchev–Trinajstić information content (AvgIpc) is 2.77. The van der Waals surface area contributed by atoms with Crippen LogP contribution in [0, 0.1) is 5.82 Å². The van der Waals surface area contributed by atoms with Crippen molar-refractivity contribution in [2.75, 3.05) is 18.4 Å². The first-order valence-electron chi connectivity index (χ1n) is 7.13. The maximum Gasteiger partial charge on any atom is 0.242 e. The Bertz CT molecular complexity index is 606. The molecular formula is C15H18FN3O2S. The summed E-state index contributed by atoms with van der Waals surface area (Å²) in [6.07, 6.45) is -0.00291. The Balaban J connectivity index is 2.02. The predicted molar refractivity (Wildman–Crippen MR) is 86.4 cm³/mol. The lowest BCUT2D eigenvalue weighted by Gasteiger charge is -2.13. The highest BCUT2D eigenvalue weighted by Gasteiger charge is 2.38. The summed E-state index contributed by atoms with van der Waals surface area (Å²) in [5, 5.41) is 2.65. The van der Waals surface area contributed by atoms with Crippen molar-refractivity contribution in [2.45, 2.75) is 25.5 Å². The molecule has 1 atom stereocenters. The number of nitrogens with one attached hydrogen (secondary N) is 1. The Morgan fingerprint density at radius 2 is 2.14 bits per heavy atom. The van der Waals surface area contributed by atoms with Gasteiger partial charge in [0.2, 0.25) is 11.8 Å². The molecule has 2 rings (SSSR count). The number of thioether (sulfide) groups is 1. The van der Waals surface area contributed by atoms with Crippen LogP contribution in [0.3, 0.4) is 0 Å². The van der Waals surface area contributed by atoms with Gasteiger partial charge in [0.15, 0.2) is 5.17 Å². The Morgan fingerprint density at radius 3 is 2.77 bits per heavy atom. The van der Waals surface area contributed by atoms with E-state index in [1.54, 1.807) is 17.0 Å². The van der Waals surface area contributed by atoms with Gasteiger partial charge in [-0.2, -0.15) is 0 Å². The number of para-hydroxylation sites is 1. The number of halogens is 1. The molecule has 1 aliphatic rings. The normalized spacial score (nSPS) is 19.8. The van der Waals surface area contributed by atoms with Crippen LogP contribution in [0.2, 0.25) is 0 Å². The third-order valence-corrected chi connectivity index (χ3v) is 4.36. The molecule has 0 spiro atoms. The standard InChI is InChI=1S/C15H18FN3O2S/c1-3-17-15-19(4-2)14(21)12(22-15)9-13(20)18-11-8-6-5-7-10(11)16/h5-8,12H,3-4,9H2,1-2H3,(H,18,20). The second-order valence-electron chi connectivity index (χ2n) is 4.68. The number of aliphatic imine (C=N–C) groups is 1. The van der Waals surface area contributed by atoms with E-state index in [4.69, 9.17) is 0 Å². The number of nitrogens with zero attached hydrogens (tertiary/aromatic N) is 2. The lowest BCUT2D eigenvalue weighted by molar-refractivity contribution is -0.128. The number of anilines is 1. The van der Waals surface area contributed by atoms with E-state index in [1.807, 2.05) is 13.8 Å². The van der Waals surface area contributed by atoms with Crippen molar-refractivity contribution >= 4 is 34.4 Å². The summed E-state index contributed by atoms with van der Waals surface area (Å²) in [4.78, 5) is 30.1. The minimum absolute atomic E-state index is 0.00291. The fourth-order valence-corrected chi connectivity index (χ4v) is 3.39. The van der Waals surface area contributed by atoms with Crippen molar-refractivity contribution in [2.24, 2.45) is 4.99 Å². The highest BCUT2D eigenvalue weighted by molar-refractivity contribution is 8.15. The average molecular weight is 323 g/mol. The molecule has 7 heteroatoms. The van der Waals surface area contributed by atoms with Crippen LogP contribution < -0.4 is 5.32 Å². The van der Waals surface area contributed by atoms with E-state index in [2.05, 4.69) is 10.3 Å². The minimum Gasteiger partial charge on any atom is -0.324 e. The molecule has 118 valence electrons. The van der Waals surface area contributed by atoms with E-state index >= 15 is 0 Å². The molecule has 1 heterocycles. The molecule has 1 saturated heterocycles. The zero-order valence-corrected chi connectivity index (χ0v) is 13.3. The third-order valence-electron chi connectivity index (χ3n) is 3.15. The molecule has 0 bridgehead atoms. The molecule has 1 fully saturated rings. The molecule has 0 saturated carbocycles. The van der Waals surface area contributed by atoms with Crippen molar-refractivity contribution in [3.8, 4) is 0 Å². The molecule has 0 aliphatic carbocycles. The van der Waals surface area contributed by atoms with Gasteiger partial charge in [-0.25, -0.2) is 4.39 Å². The maximum atomic E-state index is 13.5. The van der Waals surface area contributed by atoms with E-state index in [-0.39, 0.29) is 23.9 Å². The summed E-state index contributed by atoms with van der Waals surface area (Å²) in [6.45, 7) is 4.87. The Hall–Kier alpha value is -1.89. The van der Waals surface area contributed by atoms with Gasteiger partial charge in [-0.05, 0) is 26.0 Å². The molecule has 0 aromatic heterocycles. The van der Waals surface area contributed by atoms with E-state index in [0.29, 0.717) is 18.3 Å². The van der Waals surface area contributed by atoms with Crippen molar-refractivity contribution in [3.63, 3.8) is 0 Å². The van der Waals surface area contributed by atoms with E-state index in [1.165, 1.54) is 23.9 Å². The number of hydrogen-bond donors (Lipinski definition) is 1. The molecule has 2 amide bonds. The summed E-state index contributed by atoms with van der Waals surface area (Å²) in [5.74, 6) is -1.00. The largest absolute Gasteiger partial charge is 0.324 e. The zero-order valence-electron chi connectivity index (χ0n) is 12.5. The van der Waals surface area contributed by atoms with Gasteiger partial charge in [-0.15, -0.1) is 0 Å². The van der Waals surface area contributed by atoms with Crippen LogP contribution in [0.15, 0.2) is 29.3 Å². The van der Waals surface area contributed by atoms with Crippen molar-refractivity contribution in [1.82, 2.24) is 4.90 Å². The molecule has 1 aliphatic heterocycles. The zero-order chi connectivity index (χ0) is 16.1. The summed E-state index contributed by atoms with van der Waals surface area (Å²) in [7, 11) is 0. The highest BCUT2D eigenvalue weighted by atomic mass is 32.2. The number of rotatable bonds is 5. The smallest absolute Gasteiger partial charge is 0.242 e. The molecule has 22 heavy (non-hydrogen) atoms. The van der Waals surface area contributed by atoms with Crippen LogP contribution in [0.1, 0.15) is 20.3 Å². The van der Waals surface area contributed by atoms with Crippen LogP contribution in [-0.2, 0) is 9.59 Å². The molecule has 5 nitrogen and oxygen atoms in total. The number of amidine groups is 1. The summed E-state index contributed by atoms with van der Waals surface area (Å²) in [5.41, 5.74) is 0.123. The van der Waals surface area contributed by atoms with E-state index < -0.39 is 11.1 Å². The quantitative estimate of drug-likeness (QED) is 0.905. The minimum atomic E-state index is -0.503. The summed E-state index contributed by atoms with van der Waals surface area (Å²) < 4.78 is 13.5. The summed E-state index contributed by atoms with van der Waals surface area (Å²) in [6, 6.07) is 5.95. The van der Waals surface area contributed by atoms with Gasteiger partial charge in [0.05, 0.1) is 5.69 Å². The first kappa shape index (κ1) is 16.5. The maximum absolute atomic E-state index is 13.5. The first-order valence-corrected chi connectivity index (χ1v) is 8.01. The van der Waals surface area contributed by atoms with Crippen LogP contribution in [-0.4, -0.2) is 40.2 Å². The predicted octanol–water partition coefficient (Wildman–Crippen LogP) is 2.49. The SMILES string of the molecule is CCN=C1SC(CC(=O)Nc2ccccc2F)C(=O)N1CC. The fourth-order valence-electron chi connectivity index (χ4n) is 2.12. The van der Waals surface area contributed by atoms with Gasteiger partial charge < -0.3 is 5.32 Å².